The van der Waals surface area contributed by atoms with Gasteiger partial charge in [-0.3, -0.25) is 0 Å². The average molecular weight is 359 g/mol. The van der Waals surface area contributed by atoms with E-state index in [0.717, 1.165) is 11.6 Å². The Balaban J connectivity index is 0.000000151. The Morgan fingerprint density at radius 2 is 1.04 bits per heavy atom. The van der Waals surface area contributed by atoms with Crippen molar-refractivity contribution in [2.45, 2.75) is 90.1 Å². The van der Waals surface area contributed by atoms with Crippen LogP contribution in [-0.2, 0) is 11.1 Å². The van der Waals surface area contributed by atoms with E-state index in [0.29, 0.717) is 11.8 Å². The first-order chi connectivity index (χ1) is 12.0. The lowest BCUT2D eigenvalue weighted by Crippen LogP contribution is -2.24. The predicted molar refractivity (Wildman–Crippen MR) is 107 cm³/mol. The van der Waals surface area contributed by atoms with Gasteiger partial charge in [-0.05, 0) is 67.2 Å². The molecule has 6 heteroatoms. The number of hydrogen-bond acceptors (Lipinski definition) is 4. The third-order valence-electron chi connectivity index (χ3n) is 4.77. The molecule has 0 amide bonds. The van der Waals surface area contributed by atoms with E-state index in [1.807, 2.05) is 21.5 Å². The summed E-state index contributed by atoms with van der Waals surface area (Å²) in [6.07, 6.45) is 5.11. The van der Waals surface area contributed by atoms with Crippen molar-refractivity contribution < 1.29 is 0 Å². The Labute approximate surface area is 156 Å². The first kappa shape index (κ1) is 18.8. The van der Waals surface area contributed by atoms with Crippen molar-refractivity contribution in [1.29, 1.82) is 0 Å². The van der Waals surface area contributed by atoms with Crippen LogP contribution >= 0.6 is 0 Å². The summed E-state index contributed by atoms with van der Waals surface area (Å²) >= 11 is 0. The van der Waals surface area contributed by atoms with Gasteiger partial charge in [0, 0.05) is 24.0 Å². The molecule has 0 atom stereocenters. The molecular formula is C20H34N6. The predicted octanol–water partition coefficient (Wildman–Crippen LogP) is 4.20. The molecule has 0 aliphatic heterocycles. The SMILES string of the molecule is CC(C)(C)n1nc(C2CC2)cc1N.CC(C)(C)n1nc(C2CC2)cc1N. The van der Waals surface area contributed by atoms with E-state index in [-0.39, 0.29) is 11.1 Å². The lowest BCUT2D eigenvalue weighted by atomic mass is 10.1. The van der Waals surface area contributed by atoms with Crippen LogP contribution in [0.1, 0.15) is 90.4 Å². The summed E-state index contributed by atoms with van der Waals surface area (Å²) in [5, 5.41) is 9.07. The van der Waals surface area contributed by atoms with Gasteiger partial charge in [0.1, 0.15) is 11.6 Å². The van der Waals surface area contributed by atoms with Gasteiger partial charge in [0.15, 0.2) is 0 Å². The lowest BCUT2D eigenvalue weighted by molar-refractivity contribution is 0.359. The highest BCUT2D eigenvalue weighted by Crippen LogP contribution is 2.41. The number of hydrogen-bond donors (Lipinski definition) is 2. The Hall–Kier alpha value is -1.98. The standard InChI is InChI=1S/2C10H17N3/c2*1-10(2,3)13-9(11)6-8(12-13)7-4-5-7/h2*6-7H,4-5,11H2,1-3H3. The number of nitrogen functional groups attached to an aromatic ring is 2. The van der Waals surface area contributed by atoms with Crippen LogP contribution in [0.25, 0.3) is 0 Å². The molecule has 2 aromatic heterocycles. The Bertz CT molecular complexity index is 697. The molecule has 2 fully saturated rings. The maximum Gasteiger partial charge on any atom is 0.122 e. The highest BCUT2D eigenvalue weighted by molar-refractivity contribution is 5.35. The molecule has 0 spiro atoms. The van der Waals surface area contributed by atoms with Crippen LogP contribution in [0.3, 0.4) is 0 Å². The minimum Gasteiger partial charge on any atom is -0.384 e. The summed E-state index contributed by atoms with van der Waals surface area (Å²) in [6, 6.07) is 4.03. The second-order valence-corrected chi connectivity index (χ2v) is 9.70. The van der Waals surface area contributed by atoms with E-state index < -0.39 is 0 Å². The highest BCUT2D eigenvalue weighted by Gasteiger charge is 2.29. The summed E-state index contributed by atoms with van der Waals surface area (Å²) in [7, 11) is 0. The Morgan fingerprint density at radius 1 is 0.731 bits per heavy atom. The third kappa shape index (κ3) is 4.22. The zero-order valence-corrected chi connectivity index (χ0v) is 17.1. The van der Waals surface area contributed by atoms with Crippen molar-refractivity contribution >= 4 is 11.6 Å². The van der Waals surface area contributed by atoms with Gasteiger partial charge in [0.25, 0.3) is 0 Å². The number of nitrogens with zero attached hydrogens (tertiary/aromatic N) is 4. The molecule has 0 saturated heterocycles. The van der Waals surface area contributed by atoms with Crippen molar-refractivity contribution in [3.05, 3.63) is 23.5 Å². The van der Waals surface area contributed by atoms with Crippen molar-refractivity contribution in [3.63, 3.8) is 0 Å². The van der Waals surface area contributed by atoms with Crippen LogP contribution in [-0.4, -0.2) is 19.6 Å². The van der Waals surface area contributed by atoms with Gasteiger partial charge in [-0.2, -0.15) is 10.2 Å². The van der Waals surface area contributed by atoms with Gasteiger partial charge in [-0.25, -0.2) is 9.36 Å². The molecule has 4 N–H and O–H groups in total. The average Bonchev–Trinajstić information content (AvgIpc) is 3.41. The van der Waals surface area contributed by atoms with Crippen LogP contribution in [0.2, 0.25) is 0 Å². The van der Waals surface area contributed by atoms with Crippen molar-refractivity contribution in [3.8, 4) is 0 Å². The van der Waals surface area contributed by atoms with Gasteiger partial charge in [-0.15, -0.1) is 0 Å². The molecule has 0 unspecified atom stereocenters. The van der Waals surface area contributed by atoms with E-state index in [2.05, 4.69) is 51.7 Å². The molecule has 0 radical (unpaired) electrons. The quantitative estimate of drug-likeness (QED) is 0.842. The van der Waals surface area contributed by atoms with E-state index >= 15 is 0 Å². The van der Waals surface area contributed by atoms with Gasteiger partial charge < -0.3 is 11.5 Å². The normalized spacial score (nSPS) is 17.8. The fourth-order valence-electron chi connectivity index (χ4n) is 3.06. The van der Waals surface area contributed by atoms with Gasteiger partial charge in [-0.1, -0.05) is 0 Å². The first-order valence-corrected chi connectivity index (χ1v) is 9.68. The number of rotatable bonds is 2. The molecule has 2 saturated carbocycles. The fraction of sp³-hybridized carbons (Fsp3) is 0.700. The first-order valence-electron chi connectivity index (χ1n) is 9.68. The van der Waals surface area contributed by atoms with E-state index in [1.54, 1.807) is 0 Å². The molecule has 144 valence electrons. The van der Waals surface area contributed by atoms with Crippen molar-refractivity contribution in [2.75, 3.05) is 11.5 Å². The smallest absolute Gasteiger partial charge is 0.122 e. The minimum absolute atomic E-state index is 0.00275. The molecule has 4 rings (SSSR count). The molecular weight excluding hydrogens is 324 g/mol. The molecule has 0 aromatic carbocycles. The van der Waals surface area contributed by atoms with E-state index in [1.165, 1.54) is 37.1 Å². The monoisotopic (exact) mass is 358 g/mol. The summed E-state index contributed by atoms with van der Waals surface area (Å²) in [6.45, 7) is 12.7. The zero-order valence-electron chi connectivity index (χ0n) is 17.1. The third-order valence-corrected chi connectivity index (χ3v) is 4.77. The summed E-state index contributed by atoms with van der Waals surface area (Å²) < 4.78 is 3.83. The summed E-state index contributed by atoms with van der Waals surface area (Å²) in [4.78, 5) is 0. The Morgan fingerprint density at radius 3 is 1.23 bits per heavy atom. The van der Waals surface area contributed by atoms with Crippen LogP contribution in [0.4, 0.5) is 11.6 Å². The van der Waals surface area contributed by atoms with E-state index in [4.69, 9.17) is 11.5 Å². The number of anilines is 2. The second-order valence-electron chi connectivity index (χ2n) is 9.70. The molecule has 26 heavy (non-hydrogen) atoms. The van der Waals surface area contributed by atoms with E-state index in [9.17, 15) is 0 Å². The zero-order chi connectivity index (χ0) is 19.3. The largest absolute Gasteiger partial charge is 0.384 e. The van der Waals surface area contributed by atoms with Gasteiger partial charge >= 0.3 is 0 Å². The van der Waals surface area contributed by atoms with Crippen LogP contribution in [0.15, 0.2) is 12.1 Å². The lowest BCUT2D eigenvalue weighted by Gasteiger charge is -2.20. The molecule has 0 bridgehead atoms. The molecule has 6 nitrogen and oxygen atoms in total. The van der Waals surface area contributed by atoms with Crippen LogP contribution in [0, 0.1) is 0 Å². The van der Waals surface area contributed by atoms with Gasteiger partial charge in [0.05, 0.1) is 22.5 Å². The fourth-order valence-corrected chi connectivity index (χ4v) is 3.06. The minimum atomic E-state index is -0.00275. The highest BCUT2D eigenvalue weighted by atomic mass is 15.4. The van der Waals surface area contributed by atoms with Crippen LogP contribution in [0.5, 0.6) is 0 Å². The van der Waals surface area contributed by atoms with Crippen molar-refractivity contribution in [2.24, 2.45) is 0 Å². The number of nitrogens with two attached hydrogens (primary N) is 2. The van der Waals surface area contributed by atoms with Gasteiger partial charge in [0.2, 0.25) is 0 Å². The molecule has 2 aromatic rings. The second kappa shape index (κ2) is 6.32. The molecule has 2 aliphatic carbocycles. The van der Waals surface area contributed by atoms with Crippen LogP contribution < -0.4 is 11.5 Å². The molecule has 2 aliphatic rings. The maximum absolute atomic E-state index is 5.89. The Kier molecular flexibility index (Phi) is 4.57. The summed E-state index contributed by atoms with van der Waals surface area (Å²) in [5.41, 5.74) is 14.1. The van der Waals surface area contributed by atoms with Crippen molar-refractivity contribution in [1.82, 2.24) is 19.6 Å². The number of aromatic nitrogens is 4. The maximum atomic E-state index is 5.89. The topological polar surface area (TPSA) is 87.7 Å². The molecule has 2 heterocycles. The summed E-state index contributed by atoms with van der Waals surface area (Å²) in [5.74, 6) is 2.94.